The molecule has 1 atom stereocenters. The van der Waals surface area contributed by atoms with Gasteiger partial charge in [-0.3, -0.25) is 14.9 Å². The van der Waals surface area contributed by atoms with Gasteiger partial charge >= 0.3 is 6.09 Å². The second-order valence-corrected chi connectivity index (χ2v) is 8.59. The van der Waals surface area contributed by atoms with E-state index in [0.29, 0.717) is 22.0 Å². The lowest BCUT2D eigenvalue weighted by molar-refractivity contribution is 0.0925. The molecule has 0 spiro atoms. The molecule has 0 saturated heterocycles. The molecule has 154 valence electrons. The summed E-state index contributed by atoms with van der Waals surface area (Å²) < 4.78 is 4.83. The van der Waals surface area contributed by atoms with E-state index in [9.17, 15) is 14.4 Å². The van der Waals surface area contributed by atoms with Crippen LogP contribution in [0.5, 0.6) is 0 Å². The minimum absolute atomic E-state index is 0.175. The molecule has 1 aromatic heterocycles. The van der Waals surface area contributed by atoms with E-state index in [-0.39, 0.29) is 12.5 Å². The quantitative estimate of drug-likeness (QED) is 0.764. The van der Waals surface area contributed by atoms with Gasteiger partial charge in [-0.25, -0.2) is 4.79 Å². The van der Waals surface area contributed by atoms with E-state index >= 15 is 0 Å². The molecule has 0 aliphatic heterocycles. The molecule has 0 unspecified atom stereocenters. The SMILES string of the molecule is CCOC(=O)NC(=O)c1c(NC(=O)c2ccc(C)c(C)c2)sc2c1CC[C@@H](C)C2. The van der Waals surface area contributed by atoms with Gasteiger partial charge in [0.1, 0.15) is 5.00 Å². The molecule has 1 aliphatic carbocycles. The van der Waals surface area contributed by atoms with E-state index in [2.05, 4.69) is 17.6 Å². The van der Waals surface area contributed by atoms with E-state index in [4.69, 9.17) is 4.74 Å². The van der Waals surface area contributed by atoms with Gasteiger partial charge in [0.05, 0.1) is 12.2 Å². The number of hydrogen-bond acceptors (Lipinski definition) is 5. The maximum Gasteiger partial charge on any atom is 0.414 e. The Bertz CT molecular complexity index is 964. The second-order valence-electron chi connectivity index (χ2n) is 7.48. The summed E-state index contributed by atoms with van der Waals surface area (Å²) in [4.78, 5) is 38.5. The number of anilines is 1. The number of imide groups is 1. The molecule has 7 heteroatoms. The summed E-state index contributed by atoms with van der Waals surface area (Å²) in [6.45, 7) is 7.97. The van der Waals surface area contributed by atoms with Gasteiger partial charge in [0.15, 0.2) is 0 Å². The van der Waals surface area contributed by atoms with Crippen molar-refractivity contribution in [2.75, 3.05) is 11.9 Å². The van der Waals surface area contributed by atoms with E-state index in [1.54, 1.807) is 13.0 Å². The van der Waals surface area contributed by atoms with Crippen LogP contribution in [-0.4, -0.2) is 24.5 Å². The Kier molecular flexibility index (Phi) is 6.37. The monoisotopic (exact) mass is 414 g/mol. The summed E-state index contributed by atoms with van der Waals surface area (Å²) in [7, 11) is 0. The van der Waals surface area contributed by atoms with Gasteiger partial charge in [-0.2, -0.15) is 0 Å². The molecule has 2 N–H and O–H groups in total. The molecule has 0 fully saturated rings. The first-order valence-corrected chi connectivity index (χ1v) is 10.6. The fraction of sp³-hybridized carbons (Fsp3) is 0.409. The lowest BCUT2D eigenvalue weighted by atomic mass is 9.88. The van der Waals surface area contributed by atoms with Crippen LogP contribution >= 0.6 is 11.3 Å². The van der Waals surface area contributed by atoms with Gasteiger partial charge in [-0.05, 0) is 74.8 Å². The van der Waals surface area contributed by atoms with Crippen molar-refractivity contribution in [2.24, 2.45) is 5.92 Å². The van der Waals surface area contributed by atoms with Crippen molar-refractivity contribution in [3.8, 4) is 0 Å². The molecule has 0 radical (unpaired) electrons. The second kappa shape index (κ2) is 8.78. The number of ether oxygens (including phenoxy) is 1. The first-order chi connectivity index (χ1) is 13.8. The predicted molar refractivity (Wildman–Crippen MR) is 114 cm³/mol. The topological polar surface area (TPSA) is 84.5 Å². The molecule has 0 saturated carbocycles. The van der Waals surface area contributed by atoms with E-state index < -0.39 is 12.0 Å². The summed E-state index contributed by atoms with van der Waals surface area (Å²) >= 11 is 1.42. The number of fused-ring (bicyclic) bond motifs is 1. The lowest BCUT2D eigenvalue weighted by Gasteiger charge is -2.18. The summed E-state index contributed by atoms with van der Waals surface area (Å²) in [6, 6.07) is 5.50. The Balaban J connectivity index is 1.92. The van der Waals surface area contributed by atoms with Crippen LogP contribution in [0.2, 0.25) is 0 Å². The number of rotatable bonds is 4. The van der Waals surface area contributed by atoms with E-state index in [0.717, 1.165) is 40.8 Å². The molecule has 1 heterocycles. The fourth-order valence-electron chi connectivity index (χ4n) is 3.46. The van der Waals surface area contributed by atoms with Crippen LogP contribution in [0.1, 0.15) is 62.6 Å². The largest absolute Gasteiger partial charge is 0.450 e. The van der Waals surface area contributed by atoms with Crippen molar-refractivity contribution in [3.05, 3.63) is 50.9 Å². The zero-order chi connectivity index (χ0) is 21.1. The number of benzene rings is 1. The van der Waals surface area contributed by atoms with Gasteiger partial charge in [-0.1, -0.05) is 13.0 Å². The number of alkyl carbamates (subject to hydrolysis) is 1. The highest BCUT2D eigenvalue weighted by Gasteiger charge is 2.29. The third kappa shape index (κ3) is 4.67. The number of thiophene rings is 1. The molecule has 6 nitrogen and oxygen atoms in total. The summed E-state index contributed by atoms with van der Waals surface area (Å²) in [5.41, 5.74) is 3.96. The zero-order valence-electron chi connectivity index (χ0n) is 17.2. The third-order valence-electron chi connectivity index (χ3n) is 5.23. The van der Waals surface area contributed by atoms with Crippen LogP contribution in [0.4, 0.5) is 9.80 Å². The Morgan fingerprint density at radius 1 is 1.17 bits per heavy atom. The van der Waals surface area contributed by atoms with Gasteiger partial charge in [0, 0.05) is 10.4 Å². The molecule has 0 bridgehead atoms. The third-order valence-corrected chi connectivity index (χ3v) is 6.40. The van der Waals surface area contributed by atoms with Crippen LogP contribution in [0.3, 0.4) is 0 Å². The van der Waals surface area contributed by atoms with Crippen LogP contribution < -0.4 is 10.6 Å². The van der Waals surface area contributed by atoms with Crippen LogP contribution in [0.15, 0.2) is 18.2 Å². The Labute approximate surface area is 174 Å². The van der Waals surface area contributed by atoms with Crippen LogP contribution in [-0.2, 0) is 17.6 Å². The van der Waals surface area contributed by atoms with Gasteiger partial charge in [0.25, 0.3) is 11.8 Å². The normalized spacial score (nSPS) is 15.4. The van der Waals surface area contributed by atoms with Crippen molar-refractivity contribution in [2.45, 2.75) is 47.0 Å². The molecule has 29 heavy (non-hydrogen) atoms. The Morgan fingerprint density at radius 3 is 2.62 bits per heavy atom. The Morgan fingerprint density at radius 2 is 1.93 bits per heavy atom. The minimum atomic E-state index is -0.784. The standard InChI is InChI=1S/C22H26N2O4S/c1-5-28-22(27)24-20(26)18-16-9-6-12(2)10-17(16)29-21(18)23-19(25)15-8-7-13(3)14(4)11-15/h7-8,11-12H,5-6,9-10H2,1-4H3,(H,23,25)(H,24,26,27)/t12-/m1/s1. The zero-order valence-corrected chi connectivity index (χ0v) is 18.0. The molecule has 1 aliphatic rings. The highest BCUT2D eigenvalue weighted by atomic mass is 32.1. The average Bonchev–Trinajstić information content (AvgIpc) is 3.00. The average molecular weight is 415 g/mol. The molecule has 3 rings (SSSR count). The number of nitrogens with one attached hydrogen (secondary N) is 2. The number of hydrogen-bond donors (Lipinski definition) is 2. The van der Waals surface area contributed by atoms with Crippen molar-refractivity contribution in [3.63, 3.8) is 0 Å². The fourth-order valence-corrected chi connectivity index (χ4v) is 4.86. The summed E-state index contributed by atoms with van der Waals surface area (Å²) in [5, 5.41) is 5.65. The lowest BCUT2D eigenvalue weighted by Crippen LogP contribution is -2.32. The summed E-state index contributed by atoms with van der Waals surface area (Å²) in [6.07, 6.45) is 1.79. The van der Waals surface area contributed by atoms with Gasteiger partial charge < -0.3 is 10.1 Å². The van der Waals surface area contributed by atoms with Crippen molar-refractivity contribution < 1.29 is 19.1 Å². The van der Waals surface area contributed by atoms with Gasteiger partial charge in [0.2, 0.25) is 0 Å². The smallest absolute Gasteiger partial charge is 0.414 e. The van der Waals surface area contributed by atoms with E-state index in [1.807, 2.05) is 26.0 Å². The molecule has 1 aromatic carbocycles. The van der Waals surface area contributed by atoms with Crippen molar-refractivity contribution in [1.29, 1.82) is 0 Å². The number of aryl methyl sites for hydroxylation is 2. The minimum Gasteiger partial charge on any atom is -0.450 e. The number of carbonyl (C=O) groups excluding carboxylic acids is 3. The van der Waals surface area contributed by atoms with E-state index in [1.165, 1.54) is 11.3 Å². The van der Waals surface area contributed by atoms with Crippen molar-refractivity contribution >= 4 is 34.2 Å². The van der Waals surface area contributed by atoms with Gasteiger partial charge in [-0.15, -0.1) is 11.3 Å². The Hall–Kier alpha value is -2.67. The highest BCUT2D eigenvalue weighted by Crippen LogP contribution is 2.39. The van der Waals surface area contributed by atoms with Crippen molar-refractivity contribution in [1.82, 2.24) is 5.32 Å². The molecular weight excluding hydrogens is 388 g/mol. The van der Waals surface area contributed by atoms with Crippen LogP contribution in [0.25, 0.3) is 0 Å². The first kappa shape index (κ1) is 21.0. The van der Waals surface area contributed by atoms with Crippen LogP contribution in [0, 0.1) is 19.8 Å². The predicted octanol–water partition coefficient (Wildman–Crippen LogP) is 4.63. The number of amides is 3. The molecule has 2 aromatic rings. The molecular formula is C22H26N2O4S. The maximum absolute atomic E-state index is 12.8. The maximum atomic E-state index is 12.8. The first-order valence-electron chi connectivity index (χ1n) is 9.81. The molecule has 3 amide bonds. The summed E-state index contributed by atoms with van der Waals surface area (Å²) in [5.74, 6) is -0.291. The number of carbonyl (C=O) groups is 3. The highest BCUT2D eigenvalue weighted by molar-refractivity contribution is 7.17.